The van der Waals surface area contributed by atoms with E-state index >= 15 is 0 Å². The first-order chi connectivity index (χ1) is 13.9. The van der Waals surface area contributed by atoms with Crippen molar-refractivity contribution in [1.29, 1.82) is 0 Å². The van der Waals surface area contributed by atoms with Gasteiger partial charge in [0.2, 0.25) is 0 Å². The Morgan fingerprint density at radius 1 is 1.10 bits per heavy atom. The average molecular weight is 401 g/mol. The van der Waals surface area contributed by atoms with Crippen LogP contribution in [0.15, 0.2) is 47.7 Å². The number of amides is 1. The normalized spacial score (nSPS) is 11.8. The maximum Gasteiger partial charge on any atom is 0.407 e. The minimum absolute atomic E-state index is 0.424. The van der Waals surface area contributed by atoms with Gasteiger partial charge < -0.3 is 25.3 Å². The number of nitrogens with one attached hydrogen (secondary N) is 3. The monoisotopic (exact) mass is 400 g/mol. The number of benzene rings is 1. The SMILES string of the molecule is CN=C(NCCNC(=O)OC(C)(C)C)NCCc1nccn1Cc1ccccc1. The molecule has 3 N–H and O–H groups in total. The van der Waals surface area contributed by atoms with E-state index in [1.54, 1.807) is 7.05 Å². The molecule has 1 aromatic heterocycles. The van der Waals surface area contributed by atoms with Crippen molar-refractivity contribution in [2.45, 2.75) is 39.3 Å². The smallest absolute Gasteiger partial charge is 0.407 e. The van der Waals surface area contributed by atoms with Gasteiger partial charge in [-0.3, -0.25) is 4.99 Å². The van der Waals surface area contributed by atoms with E-state index in [2.05, 4.69) is 42.6 Å². The third-order valence-electron chi connectivity index (χ3n) is 3.95. The third kappa shape index (κ3) is 8.68. The maximum absolute atomic E-state index is 11.6. The van der Waals surface area contributed by atoms with Gasteiger partial charge in [0, 0.05) is 52.0 Å². The van der Waals surface area contributed by atoms with Crippen molar-refractivity contribution in [3.8, 4) is 0 Å². The Hall–Kier alpha value is -3.03. The molecule has 2 rings (SSSR count). The Balaban J connectivity index is 1.69. The molecule has 0 saturated heterocycles. The van der Waals surface area contributed by atoms with E-state index in [1.807, 2.05) is 51.4 Å². The zero-order valence-corrected chi connectivity index (χ0v) is 17.7. The number of hydrogen-bond acceptors (Lipinski definition) is 4. The van der Waals surface area contributed by atoms with Crippen molar-refractivity contribution < 1.29 is 9.53 Å². The summed E-state index contributed by atoms with van der Waals surface area (Å²) in [5.74, 6) is 1.69. The number of ether oxygens (including phenoxy) is 1. The average Bonchev–Trinajstić information content (AvgIpc) is 3.10. The summed E-state index contributed by atoms with van der Waals surface area (Å²) >= 11 is 0. The van der Waals surface area contributed by atoms with Gasteiger partial charge in [-0.25, -0.2) is 9.78 Å². The number of alkyl carbamates (subject to hydrolysis) is 1. The minimum Gasteiger partial charge on any atom is -0.444 e. The lowest BCUT2D eigenvalue weighted by atomic mass is 10.2. The highest BCUT2D eigenvalue weighted by Crippen LogP contribution is 2.06. The summed E-state index contributed by atoms with van der Waals surface area (Å²) in [5, 5.41) is 9.14. The Bertz CT molecular complexity index is 780. The first-order valence-electron chi connectivity index (χ1n) is 9.82. The van der Waals surface area contributed by atoms with Crippen LogP contribution in [-0.2, 0) is 17.7 Å². The number of rotatable bonds is 8. The van der Waals surface area contributed by atoms with E-state index in [9.17, 15) is 4.79 Å². The summed E-state index contributed by atoms with van der Waals surface area (Å²) in [5.41, 5.74) is 0.746. The molecule has 0 saturated carbocycles. The predicted octanol–water partition coefficient (Wildman–Crippen LogP) is 2.16. The molecule has 1 amide bonds. The van der Waals surface area contributed by atoms with Gasteiger partial charge in [-0.2, -0.15) is 0 Å². The fourth-order valence-electron chi connectivity index (χ4n) is 2.67. The van der Waals surface area contributed by atoms with E-state index in [0.717, 1.165) is 18.8 Å². The highest BCUT2D eigenvalue weighted by molar-refractivity contribution is 5.79. The van der Waals surface area contributed by atoms with Gasteiger partial charge in [-0.15, -0.1) is 0 Å². The number of aromatic nitrogens is 2. The second kappa shape index (κ2) is 11.1. The van der Waals surface area contributed by atoms with Crippen LogP contribution in [0.3, 0.4) is 0 Å². The van der Waals surface area contributed by atoms with E-state index in [1.165, 1.54) is 5.56 Å². The molecule has 8 nitrogen and oxygen atoms in total. The van der Waals surface area contributed by atoms with E-state index in [4.69, 9.17) is 4.74 Å². The fourth-order valence-corrected chi connectivity index (χ4v) is 2.67. The van der Waals surface area contributed by atoms with Crippen LogP contribution >= 0.6 is 0 Å². The van der Waals surface area contributed by atoms with Crippen molar-refractivity contribution >= 4 is 12.1 Å². The van der Waals surface area contributed by atoms with Gasteiger partial charge in [0.15, 0.2) is 5.96 Å². The molecular weight excluding hydrogens is 368 g/mol. The first kappa shape index (κ1) is 22.3. The number of carbonyl (C=O) groups is 1. The lowest BCUT2D eigenvalue weighted by Crippen LogP contribution is -2.43. The topological polar surface area (TPSA) is 92.6 Å². The van der Waals surface area contributed by atoms with Crippen molar-refractivity contribution in [2.24, 2.45) is 4.99 Å². The van der Waals surface area contributed by atoms with E-state index in [-0.39, 0.29) is 0 Å². The van der Waals surface area contributed by atoms with Crippen molar-refractivity contribution in [1.82, 2.24) is 25.5 Å². The predicted molar refractivity (Wildman–Crippen MR) is 115 cm³/mol. The Labute approximate surface area is 172 Å². The number of carbonyl (C=O) groups excluding carboxylic acids is 1. The molecule has 2 aromatic rings. The molecule has 0 aliphatic rings. The molecule has 0 unspecified atom stereocenters. The summed E-state index contributed by atoms with van der Waals surface area (Å²) in [4.78, 5) is 20.3. The summed E-state index contributed by atoms with van der Waals surface area (Å²) < 4.78 is 7.35. The molecule has 0 aliphatic heterocycles. The summed E-state index contributed by atoms with van der Waals surface area (Å²) in [6.45, 7) is 7.99. The quantitative estimate of drug-likeness (QED) is 0.359. The second-order valence-electron chi connectivity index (χ2n) is 7.56. The lowest BCUT2D eigenvalue weighted by Gasteiger charge is -2.20. The van der Waals surface area contributed by atoms with Crippen molar-refractivity contribution in [3.63, 3.8) is 0 Å². The summed E-state index contributed by atoms with van der Waals surface area (Å²) in [6.07, 6.45) is 4.18. The molecule has 0 spiro atoms. The van der Waals surface area contributed by atoms with Crippen LogP contribution < -0.4 is 16.0 Å². The molecule has 0 atom stereocenters. The number of nitrogens with zero attached hydrogens (tertiary/aromatic N) is 3. The van der Waals surface area contributed by atoms with Crippen LogP contribution in [0.5, 0.6) is 0 Å². The van der Waals surface area contributed by atoms with Gasteiger partial charge in [0.1, 0.15) is 11.4 Å². The number of aliphatic imine (C=N–C) groups is 1. The summed E-state index contributed by atoms with van der Waals surface area (Å²) in [7, 11) is 1.72. The molecule has 158 valence electrons. The van der Waals surface area contributed by atoms with Crippen LogP contribution in [0.25, 0.3) is 0 Å². The Morgan fingerprint density at radius 2 is 1.79 bits per heavy atom. The van der Waals surface area contributed by atoms with Crippen LogP contribution in [0.2, 0.25) is 0 Å². The Kier molecular flexibility index (Phi) is 8.51. The minimum atomic E-state index is -0.499. The van der Waals surface area contributed by atoms with Crippen LogP contribution in [-0.4, -0.2) is 53.9 Å². The van der Waals surface area contributed by atoms with Crippen molar-refractivity contribution in [3.05, 3.63) is 54.1 Å². The highest BCUT2D eigenvalue weighted by atomic mass is 16.6. The van der Waals surface area contributed by atoms with Gasteiger partial charge in [-0.05, 0) is 26.3 Å². The molecule has 8 heteroatoms. The molecule has 1 aromatic carbocycles. The van der Waals surface area contributed by atoms with Gasteiger partial charge in [-0.1, -0.05) is 30.3 Å². The Morgan fingerprint density at radius 3 is 2.48 bits per heavy atom. The van der Waals surface area contributed by atoms with Gasteiger partial charge in [0.25, 0.3) is 0 Å². The molecular formula is C21H32N6O2. The van der Waals surface area contributed by atoms with Gasteiger partial charge >= 0.3 is 6.09 Å². The van der Waals surface area contributed by atoms with Crippen LogP contribution in [0.4, 0.5) is 4.79 Å². The van der Waals surface area contributed by atoms with Crippen LogP contribution in [0.1, 0.15) is 32.2 Å². The van der Waals surface area contributed by atoms with E-state index < -0.39 is 11.7 Å². The van der Waals surface area contributed by atoms with Crippen molar-refractivity contribution in [2.75, 3.05) is 26.7 Å². The molecule has 0 aliphatic carbocycles. The first-order valence-corrected chi connectivity index (χ1v) is 9.82. The van der Waals surface area contributed by atoms with Crippen LogP contribution in [0, 0.1) is 0 Å². The highest BCUT2D eigenvalue weighted by Gasteiger charge is 2.15. The molecule has 29 heavy (non-hydrogen) atoms. The standard InChI is InChI=1S/C21H32N6O2/c1-21(2,3)29-20(28)26-13-12-25-19(22-4)24-11-10-18-23-14-15-27(18)16-17-8-6-5-7-9-17/h5-9,14-15H,10-13,16H2,1-4H3,(H,26,28)(H2,22,24,25). The zero-order valence-electron chi connectivity index (χ0n) is 17.7. The fraction of sp³-hybridized carbons (Fsp3) is 0.476. The third-order valence-corrected chi connectivity index (χ3v) is 3.95. The molecule has 0 fully saturated rings. The second-order valence-corrected chi connectivity index (χ2v) is 7.56. The molecule has 0 bridgehead atoms. The largest absolute Gasteiger partial charge is 0.444 e. The van der Waals surface area contributed by atoms with Gasteiger partial charge in [0.05, 0.1) is 0 Å². The number of imidazole rings is 1. The molecule has 0 radical (unpaired) electrons. The maximum atomic E-state index is 11.6. The number of hydrogen-bond donors (Lipinski definition) is 3. The number of guanidine groups is 1. The zero-order chi connectivity index (χ0) is 21.1. The van der Waals surface area contributed by atoms with E-state index in [0.29, 0.717) is 25.6 Å². The molecule has 1 heterocycles. The lowest BCUT2D eigenvalue weighted by molar-refractivity contribution is 0.0529. The summed E-state index contributed by atoms with van der Waals surface area (Å²) in [6, 6.07) is 10.3.